The van der Waals surface area contributed by atoms with Gasteiger partial charge >= 0.3 is 0 Å². The number of nitrogens with two attached hydrogens (primary N) is 1. The highest BCUT2D eigenvalue weighted by Crippen LogP contribution is 2.12. The molecule has 0 saturated heterocycles. The average Bonchev–Trinajstić information content (AvgIpc) is 2.48. The first-order valence-corrected chi connectivity index (χ1v) is 7.86. The zero-order valence-corrected chi connectivity index (χ0v) is 14.0. The normalized spacial score (nSPS) is 12.0. The van der Waals surface area contributed by atoms with Crippen LogP contribution in [-0.2, 0) is 6.42 Å². The van der Waals surface area contributed by atoms with E-state index in [-0.39, 0.29) is 6.29 Å². The van der Waals surface area contributed by atoms with Crippen LogP contribution < -0.4 is 21.1 Å². The molecule has 6 heteroatoms. The number of rotatable bonds is 8. The van der Waals surface area contributed by atoms with E-state index in [0.29, 0.717) is 12.6 Å². The fourth-order valence-corrected chi connectivity index (χ4v) is 2.27. The van der Waals surface area contributed by atoms with Crippen molar-refractivity contribution in [3.63, 3.8) is 0 Å². The molecule has 1 aromatic carbocycles. The topological polar surface area (TPSA) is 85.1 Å². The van der Waals surface area contributed by atoms with Gasteiger partial charge in [-0.25, -0.2) is 9.97 Å². The van der Waals surface area contributed by atoms with Crippen LogP contribution in [0.3, 0.4) is 0 Å². The molecule has 23 heavy (non-hydrogen) atoms. The maximum Gasteiger partial charge on any atom is 0.225 e. The van der Waals surface area contributed by atoms with Gasteiger partial charge in [0.1, 0.15) is 12.0 Å². The van der Waals surface area contributed by atoms with Crippen molar-refractivity contribution in [2.24, 2.45) is 5.73 Å². The molecule has 0 aliphatic carbocycles. The molecule has 0 spiro atoms. The van der Waals surface area contributed by atoms with E-state index in [1.165, 1.54) is 5.56 Å². The molecule has 0 fully saturated rings. The Kier molecular flexibility index (Phi) is 6.31. The Hall–Kier alpha value is -2.18. The predicted octanol–water partition coefficient (Wildman–Crippen LogP) is 1.98. The molecule has 0 amide bonds. The number of hydrogen-bond donors (Lipinski definition) is 3. The van der Waals surface area contributed by atoms with Gasteiger partial charge in [-0.05, 0) is 51.0 Å². The Labute approximate surface area is 137 Å². The molecule has 1 atom stereocenters. The fraction of sp³-hybridized carbons (Fsp3) is 0.412. The first-order chi connectivity index (χ1) is 11.1. The Bertz CT molecular complexity index is 595. The molecule has 1 heterocycles. The molecule has 4 N–H and O–H groups in total. The second kappa shape index (κ2) is 8.45. The lowest BCUT2D eigenvalue weighted by Crippen LogP contribution is -2.45. The minimum atomic E-state index is -0.390. The van der Waals surface area contributed by atoms with Gasteiger partial charge in [-0.1, -0.05) is 12.1 Å². The van der Waals surface area contributed by atoms with Gasteiger partial charge in [0.15, 0.2) is 0 Å². The summed E-state index contributed by atoms with van der Waals surface area (Å²) in [4.78, 5) is 8.62. The van der Waals surface area contributed by atoms with Crippen LogP contribution in [0, 0.1) is 13.8 Å². The predicted molar refractivity (Wildman–Crippen MR) is 92.4 cm³/mol. The van der Waals surface area contributed by atoms with E-state index in [1.807, 2.05) is 39.0 Å². The number of nitrogens with one attached hydrogen (secondary N) is 2. The van der Waals surface area contributed by atoms with Gasteiger partial charge < -0.3 is 10.1 Å². The van der Waals surface area contributed by atoms with Crippen LogP contribution in [0.15, 0.2) is 30.3 Å². The van der Waals surface area contributed by atoms with Crippen molar-refractivity contribution in [3.8, 4) is 5.75 Å². The molecule has 0 radical (unpaired) electrons. The van der Waals surface area contributed by atoms with E-state index in [4.69, 9.17) is 10.5 Å². The van der Waals surface area contributed by atoms with Gasteiger partial charge in [0.25, 0.3) is 0 Å². The van der Waals surface area contributed by atoms with Gasteiger partial charge in [-0.2, -0.15) is 0 Å². The Morgan fingerprint density at radius 2 is 1.78 bits per heavy atom. The first kappa shape index (κ1) is 17.2. The van der Waals surface area contributed by atoms with Crippen molar-refractivity contribution in [2.45, 2.75) is 33.5 Å². The highest BCUT2D eigenvalue weighted by Gasteiger charge is 2.05. The van der Waals surface area contributed by atoms with Crippen LogP contribution >= 0.6 is 0 Å². The van der Waals surface area contributed by atoms with Crippen LogP contribution in [0.25, 0.3) is 0 Å². The van der Waals surface area contributed by atoms with Crippen LogP contribution in [0.4, 0.5) is 5.95 Å². The van der Waals surface area contributed by atoms with Gasteiger partial charge in [-0.3, -0.25) is 11.1 Å². The molecule has 0 saturated carbocycles. The number of hydrogen-bond acceptors (Lipinski definition) is 6. The highest BCUT2D eigenvalue weighted by molar-refractivity contribution is 5.29. The van der Waals surface area contributed by atoms with E-state index in [0.717, 1.165) is 30.1 Å². The molecule has 1 unspecified atom stereocenters. The van der Waals surface area contributed by atoms with Crippen molar-refractivity contribution < 1.29 is 4.74 Å². The molecular weight excluding hydrogens is 290 g/mol. The number of aryl methyl sites for hydroxylation is 2. The van der Waals surface area contributed by atoms with E-state index >= 15 is 0 Å². The monoisotopic (exact) mass is 315 g/mol. The van der Waals surface area contributed by atoms with Crippen molar-refractivity contribution >= 4 is 5.95 Å². The number of aromatic nitrogens is 2. The zero-order chi connectivity index (χ0) is 16.7. The molecule has 1 aromatic heterocycles. The third-order valence-corrected chi connectivity index (χ3v) is 3.28. The van der Waals surface area contributed by atoms with Crippen molar-refractivity contribution in [1.29, 1.82) is 0 Å². The molecule has 0 aliphatic rings. The minimum absolute atomic E-state index is 0.390. The maximum absolute atomic E-state index is 6.01. The summed E-state index contributed by atoms with van der Waals surface area (Å²) in [5.74, 6) is 1.44. The van der Waals surface area contributed by atoms with Gasteiger partial charge in [0.05, 0.1) is 6.61 Å². The fourth-order valence-electron chi connectivity index (χ4n) is 2.27. The van der Waals surface area contributed by atoms with Crippen LogP contribution in [0.5, 0.6) is 5.75 Å². The van der Waals surface area contributed by atoms with Crippen LogP contribution in [0.1, 0.15) is 23.9 Å². The largest absolute Gasteiger partial charge is 0.494 e. The van der Waals surface area contributed by atoms with E-state index in [9.17, 15) is 0 Å². The van der Waals surface area contributed by atoms with Crippen molar-refractivity contribution in [1.82, 2.24) is 15.3 Å². The number of nitrogens with zero attached hydrogens (tertiary/aromatic N) is 2. The Balaban J connectivity index is 1.76. The molecule has 124 valence electrons. The average molecular weight is 315 g/mol. The lowest BCUT2D eigenvalue weighted by atomic mass is 10.1. The molecule has 2 aromatic rings. The van der Waals surface area contributed by atoms with Crippen LogP contribution in [0.2, 0.25) is 0 Å². The van der Waals surface area contributed by atoms with Gasteiger partial charge in [-0.15, -0.1) is 0 Å². The summed E-state index contributed by atoms with van der Waals surface area (Å²) in [7, 11) is 0. The molecule has 6 nitrogen and oxygen atoms in total. The molecular formula is C17H25N5O. The Morgan fingerprint density at radius 3 is 2.39 bits per heavy atom. The number of ether oxygens (including phenoxy) is 1. The van der Waals surface area contributed by atoms with Crippen LogP contribution in [-0.4, -0.2) is 29.4 Å². The molecule has 0 bridgehead atoms. The van der Waals surface area contributed by atoms with E-state index in [2.05, 4.69) is 32.7 Å². The number of anilines is 1. The summed E-state index contributed by atoms with van der Waals surface area (Å²) >= 11 is 0. The van der Waals surface area contributed by atoms with Crippen molar-refractivity contribution in [3.05, 3.63) is 47.3 Å². The molecule has 2 rings (SSSR count). The second-order valence-corrected chi connectivity index (χ2v) is 5.38. The third kappa shape index (κ3) is 5.84. The molecule has 0 aliphatic heterocycles. The van der Waals surface area contributed by atoms with Crippen molar-refractivity contribution in [2.75, 3.05) is 18.5 Å². The van der Waals surface area contributed by atoms with E-state index in [1.54, 1.807) is 0 Å². The SMILES string of the molecule is CCOc1ccc(CCNC(N)Nc2nc(C)cc(C)n2)cc1. The summed E-state index contributed by atoms with van der Waals surface area (Å²) in [5, 5.41) is 6.27. The Morgan fingerprint density at radius 1 is 1.13 bits per heavy atom. The standard InChI is InChI=1S/C17H25N5O/c1-4-23-15-7-5-14(6-8-15)9-10-19-16(18)22-17-20-12(2)11-13(3)21-17/h5-8,11,16,19H,4,9-10,18H2,1-3H3,(H,20,21,22). The number of benzene rings is 1. The second-order valence-electron chi connectivity index (χ2n) is 5.38. The minimum Gasteiger partial charge on any atom is -0.494 e. The lowest BCUT2D eigenvalue weighted by Gasteiger charge is -2.16. The summed E-state index contributed by atoms with van der Waals surface area (Å²) in [6, 6.07) is 10.0. The van der Waals surface area contributed by atoms with E-state index < -0.39 is 0 Å². The summed E-state index contributed by atoms with van der Waals surface area (Å²) in [6.45, 7) is 7.29. The highest BCUT2D eigenvalue weighted by atomic mass is 16.5. The summed E-state index contributed by atoms with van der Waals surface area (Å²) < 4.78 is 5.43. The maximum atomic E-state index is 6.01. The quantitative estimate of drug-likeness (QED) is 0.646. The van der Waals surface area contributed by atoms with Gasteiger partial charge in [0, 0.05) is 17.9 Å². The zero-order valence-electron chi connectivity index (χ0n) is 14.0. The lowest BCUT2D eigenvalue weighted by molar-refractivity contribution is 0.340. The smallest absolute Gasteiger partial charge is 0.225 e. The summed E-state index contributed by atoms with van der Waals surface area (Å²) in [5.41, 5.74) is 9.08. The summed E-state index contributed by atoms with van der Waals surface area (Å²) in [6.07, 6.45) is 0.495. The third-order valence-electron chi connectivity index (χ3n) is 3.28. The van der Waals surface area contributed by atoms with Gasteiger partial charge in [0.2, 0.25) is 5.95 Å². The first-order valence-electron chi connectivity index (χ1n) is 7.86.